The van der Waals surface area contributed by atoms with Crippen molar-refractivity contribution in [2.45, 2.75) is 12.1 Å². The number of nitrogens with one attached hydrogen (secondary N) is 2. The minimum absolute atomic E-state index is 0.0165. The molecule has 0 atom stereocenters. The Morgan fingerprint density at radius 1 is 1.09 bits per heavy atom. The summed E-state index contributed by atoms with van der Waals surface area (Å²) in [6.07, 6.45) is 1.56. The summed E-state index contributed by atoms with van der Waals surface area (Å²) in [7, 11) is 0. The number of pyridine rings is 1. The number of benzene rings is 2. The van der Waals surface area contributed by atoms with E-state index < -0.39 is 16.7 Å². The summed E-state index contributed by atoms with van der Waals surface area (Å²) in [5.41, 5.74) is 5.16. The van der Waals surface area contributed by atoms with E-state index in [-0.39, 0.29) is 27.7 Å². The van der Waals surface area contributed by atoms with Gasteiger partial charge in [-0.2, -0.15) is 0 Å². The maximum absolute atomic E-state index is 13.3. The molecule has 0 unspecified atom stereocenters. The van der Waals surface area contributed by atoms with Crippen molar-refractivity contribution < 1.29 is 14.5 Å². The molecule has 0 bridgehead atoms. The third-order valence-electron chi connectivity index (χ3n) is 4.91. The van der Waals surface area contributed by atoms with E-state index in [1.54, 1.807) is 36.5 Å². The van der Waals surface area contributed by atoms with Gasteiger partial charge in [0.15, 0.2) is 5.16 Å². The average molecular weight is 491 g/mol. The Morgan fingerprint density at radius 3 is 2.66 bits per heavy atom. The van der Waals surface area contributed by atoms with E-state index in [1.165, 1.54) is 22.8 Å². The Bertz CT molecular complexity index is 1520. The Labute approximate surface area is 202 Å². The molecule has 0 aliphatic rings. The first-order valence-electron chi connectivity index (χ1n) is 10.3. The van der Waals surface area contributed by atoms with Crippen molar-refractivity contribution in [3.63, 3.8) is 0 Å². The molecular weight excluding hydrogens is 472 g/mol. The Balaban J connectivity index is 1.52. The molecule has 35 heavy (non-hydrogen) atoms. The van der Waals surface area contributed by atoms with Gasteiger partial charge in [-0.15, -0.1) is 0 Å². The molecule has 0 aliphatic carbocycles. The first-order chi connectivity index (χ1) is 16.8. The molecule has 12 heteroatoms. The van der Waals surface area contributed by atoms with Gasteiger partial charge in [0.25, 0.3) is 17.2 Å². The van der Waals surface area contributed by atoms with Crippen molar-refractivity contribution in [1.82, 2.24) is 25.4 Å². The summed E-state index contributed by atoms with van der Waals surface area (Å²) < 4.78 is 1.36. The van der Waals surface area contributed by atoms with E-state index in [1.807, 2.05) is 13.0 Å². The van der Waals surface area contributed by atoms with E-state index in [9.17, 15) is 24.5 Å². The highest BCUT2D eigenvalue weighted by Gasteiger charge is 2.17. The number of hydrogen-bond donors (Lipinski definition) is 2. The molecule has 0 spiro atoms. The van der Waals surface area contributed by atoms with Gasteiger partial charge >= 0.3 is 0 Å². The summed E-state index contributed by atoms with van der Waals surface area (Å²) >= 11 is 1.00. The molecule has 0 saturated carbocycles. The van der Waals surface area contributed by atoms with E-state index in [4.69, 9.17) is 0 Å². The molecule has 0 radical (unpaired) electrons. The number of para-hydroxylation sites is 1. The van der Waals surface area contributed by atoms with Crippen LogP contribution in [0, 0.1) is 17.0 Å². The van der Waals surface area contributed by atoms with Crippen LogP contribution in [-0.4, -0.2) is 37.0 Å². The van der Waals surface area contributed by atoms with Crippen molar-refractivity contribution in [3.8, 4) is 5.82 Å². The molecule has 176 valence electrons. The van der Waals surface area contributed by atoms with Crippen LogP contribution < -0.4 is 16.4 Å². The van der Waals surface area contributed by atoms with Gasteiger partial charge < -0.3 is 0 Å². The number of amides is 2. The van der Waals surface area contributed by atoms with Crippen molar-refractivity contribution >= 4 is 40.2 Å². The zero-order valence-corrected chi connectivity index (χ0v) is 19.1. The average Bonchev–Trinajstić information content (AvgIpc) is 2.87. The highest BCUT2D eigenvalue weighted by atomic mass is 32.2. The summed E-state index contributed by atoms with van der Waals surface area (Å²) in [5.74, 6) is -1.05. The number of nitro groups is 1. The fraction of sp³-hybridized carbons (Fsp3) is 0.0870. The van der Waals surface area contributed by atoms with Gasteiger partial charge in [0.05, 0.1) is 21.6 Å². The maximum Gasteiger partial charge on any atom is 0.270 e. The number of hydrazine groups is 1. The SMILES string of the molecule is Cc1cccnc1-n1c(SCC(=O)NNC(=O)c2cccc([N+](=O)[O-])c2)nc2ccccc2c1=O. The van der Waals surface area contributed by atoms with Gasteiger partial charge in [-0.05, 0) is 36.8 Å². The Kier molecular flexibility index (Phi) is 6.83. The van der Waals surface area contributed by atoms with Gasteiger partial charge in [-0.1, -0.05) is 36.0 Å². The molecule has 2 amide bonds. The van der Waals surface area contributed by atoms with Crippen molar-refractivity contribution in [2.75, 3.05) is 5.75 Å². The summed E-state index contributed by atoms with van der Waals surface area (Å²) in [6, 6.07) is 15.6. The third-order valence-corrected chi connectivity index (χ3v) is 5.84. The second-order valence-electron chi connectivity index (χ2n) is 7.29. The summed E-state index contributed by atoms with van der Waals surface area (Å²) in [5, 5.41) is 11.6. The topological polar surface area (TPSA) is 149 Å². The van der Waals surface area contributed by atoms with Crippen LogP contribution in [-0.2, 0) is 4.79 Å². The van der Waals surface area contributed by atoms with Crippen LogP contribution in [0.25, 0.3) is 16.7 Å². The number of aryl methyl sites for hydroxylation is 1. The smallest absolute Gasteiger partial charge is 0.270 e. The number of aromatic nitrogens is 3. The van der Waals surface area contributed by atoms with Crippen LogP contribution in [0.1, 0.15) is 15.9 Å². The predicted octanol–water partition coefficient (Wildman–Crippen LogP) is 2.55. The highest BCUT2D eigenvalue weighted by molar-refractivity contribution is 7.99. The number of rotatable bonds is 6. The van der Waals surface area contributed by atoms with Crippen molar-refractivity contribution in [3.05, 3.63) is 98.5 Å². The number of non-ortho nitro benzene ring substituents is 1. The minimum atomic E-state index is -0.711. The molecule has 0 saturated heterocycles. The quantitative estimate of drug-likeness (QED) is 0.181. The standard InChI is InChI=1S/C23H18N6O5S/c1-14-6-5-11-24-20(14)28-22(32)17-9-2-3-10-18(17)25-23(28)35-13-19(30)26-27-21(31)15-7-4-8-16(12-15)29(33)34/h2-12H,13H2,1H3,(H,26,30)(H,27,31). The molecule has 4 rings (SSSR count). The molecule has 0 aliphatic heterocycles. The number of nitro benzene ring substituents is 1. The van der Waals surface area contributed by atoms with Crippen LogP contribution in [0.2, 0.25) is 0 Å². The number of carbonyl (C=O) groups is 2. The van der Waals surface area contributed by atoms with Crippen LogP contribution in [0.15, 0.2) is 76.8 Å². The third kappa shape index (κ3) is 5.17. The fourth-order valence-corrected chi connectivity index (χ4v) is 4.03. The maximum atomic E-state index is 13.3. The first-order valence-corrected chi connectivity index (χ1v) is 11.2. The summed E-state index contributed by atoms with van der Waals surface area (Å²) in [4.78, 5) is 57.0. The highest BCUT2D eigenvalue weighted by Crippen LogP contribution is 2.21. The molecule has 2 heterocycles. The molecule has 2 N–H and O–H groups in total. The number of fused-ring (bicyclic) bond motifs is 1. The van der Waals surface area contributed by atoms with E-state index in [0.717, 1.165) is 23.4 Å². The zero-order chi connectivity index (χ0) is 24.9. The molecular formula is C23H18N6O5S. The number of nitrogens with zero attached hydrogens (tertiary/aromatic N) is 4. The lowest BCUT2D eigenvalue weighted by Crippen LogP contribution is -2.42. The number of thioether (sulfide) groups is 1. The summed E-state index contributed by atoms with van der Waals surface area (Å²) in [6.45, 7) is 1.81. The van der Waals surface area contributed by atoms with Crippen molar-refractivity contribution in [1.29, 1.82) is 0 Å². The monoisotopic (exact) mass is 490 g/mol. The molecule has 11 nitrogen and oxygen atoms in total. The van der Waals surface area contributed by atoms with Gasteiger partial charge in [0.2, 0.25) is 5.91 Å². The molecule has 2 aromatic carbocycles. The Hall–Kier alpha value is -4.58. The molecule has 0 fully saturated rings. The lowest BCUT2D eigenvalue weighted by molar-refractivity contribution is -0.384. The van der Waals surface area contributed by atoms with Crippen molar-refractivity contribution in [2.24, 2.45) is 0 Å². The van der Waals surface area contributed by atoms with Gasteiger partial charge in [-0.25, -0.2) is 14.5 Å². The fourth-order valence-electron chi connectivity index (χ4n) is 3.23. The minimum Gasteiger partial charge on any atom is -0.272 e. The molecule has 4 aromatic rings. The first kappa shape index (κ1) is 23.6. The van der Waals surface area contributed by atoms with E-state index in [2.05, 4.69) is 20.8 Å². The number of carbonyl (C=O) groups excluding carboxylic acids is 2. The van der Waals surface area contributed by atoms with Gasteiger partial charge in [0.1, 0.15) is 5.82 Å². The molecule has 2 aromatic heterocycles. The van der Waals surface area contributed by atoms with Gasteiger partial charge in [-0.3, -0.25) is 35.3 Å². The van der Waals surface area contributed by atoms with E-state index >= 15 is 0 Å². The lowest BCUT2D eigenvalue weighted by atomic mass is 10.2. The van der Waals surface area contributed by atoms with Crippen LogP contribution in [0.4, 0.5) is 5.69 Å². The number of hydrogen-bond acceptors (Lipinski definition) is 8. The van der Waals surface area contributed by atoms with Crippen LogP contribution in [0.3, 0.4) is 0 Å². The lowest BCUT2D eigenvalue weighted by Gasteiger charge is -2.14. The van der Waals surface area contributed by atoms with Crippen LogP contribution >= 0.6 is 11.8 Å². The predicted molar refractivity (Wildman–Crippen MR) is 129 cm³/mol. The van der Waals surface area contributed by atoms with E-state index in [0.29, 0.717) is 16.7 Å². The second-order valence-corrected chi connectivity index (χ2v) is 8.24. The normalized spacial score (nSPS) is 10.7. The second kappa shape index (κ2) is 10.1. The largest absolute Gasteiger partial charge is 0.272 e. The van der Waals surface area contributed by atoms with Gasteiger partial charge in [0, 0.05) is 23.9 Å². The zero-order valence-electron chi connectivity index (χ0n) is 18.3. The van der Waals surface area contributed by atoms with Crippen LogP contribution in [0.5, 0.6) is 0 Å². The Morgan fingerprint density at radius 2 is 1.89 bits per heavy atom.